The van der Waals surface area contributed by atoms with Gasteiger partial charge >= 0.3 is 11.6 Å². The predicted octanol–water partition coefficient (Wildman–Crippen LogP) is 2.99. The summed E-state index contributed by atoms with van der Waals surface area (Å²) in [6.07, 6.45) is 0. The number of ether oxygens (including phenoxy) is 2. The first-order valence-electron chi connectivity index (χ1n) is 7.44. The summed E-state index contributed by atoms with van der Waals surface area (Å²) in [7, 11) is 2.80. The monoisotopic (exact) mass is 334 g/mol. The minimum atomic E-state index is -0.561. The van der Waals surface area contributed by atoms with Gasteiger partial charge in [-0.25, -0.2) is 9.59 Å². The zero-order chi connectivity index (χ0) is 17.8. The Morgan fingerprint density at radius 2 is 1.72 bits per heavy atom. The van der Waals surface area contributed by atoms with Crippen LogP contribution in [0, 0.1) is 11.8 Å². The van der Waals surface area contributed by atoms with Crippen LogP contribution >= 0.6 is 0 Å². The van der Waals surface area contributed by atoms with Gasteiger partial charge in [0, 0.05) is 5.56 Å². The van der Waals surface area contributed by atoms with Crippen LogP contribution in [0.1, 0.15) is 21.5 Å². The molecule has 1 heterocycles. The Morgan fingerprint density at radius 3 is 2.40 bits per heavy atom. The smallest absolute Gasteiger partial charge is 0.356 e. The number of hydrogen-bond acceptors (Lipinski definition) is 5. The van der Waals surface area contributed by atoms with Crippen molar-refractivity contribution in [2.45, 2.75) is 0 Å². The standard InChI is InChI=1S/C20H14O5/c1-23-18-15-5-3-4-6-17(15)25-20(22)16(18)12-9-13-7-10-14(11-8-13)19(21)24-2/h3-8,10-11H,1-2H3. The summed E-state index contributed by atoms with van der Waals surface area (Å²) in [5.74, 6) is 5.65. The van der Waals surface area contributed by atoms with Gasteiger partial charge in [-0.15, -0.1) is 0 Å². The molecule has 124 valence electrons. The molecule has 5 heteroatoms. The van der Waals surface area contributed by atoms with E-state index in [-0.39, 0.29) is 5.56 Å². The van der Waals surface area contributed by atoms with Gasteiger partial charge in [-0.2, -0.15) is 0 Å². The normalized spacial score (nSPS) is 10.0. The number of para-hydroxylation sites is 1. The summed E-state index contributed by atoms with van der Waals surface area (Å²) < 4.78 is 15.3. The highest BCUT2D eigenvalue weighted by atomic mass is 16.5. The molecule has 1 aromatic heterocycles. The lowest BCUT2D eigenvalue weighted by Gasteiger charge is -2.05. The van der Waals surface area contributed by atoms with Crippen LogP contribution in [0.3, 0.4) is 0 Å². The highest BCUT2D eigenvalue weighted by Gasteiger charge is 2.13. The maximum absolute atomic E-state index is 12.2. The molecule has 0 saturated carbocycles. The molecule has 0 aliphatic rings. The predicted molar refractivity (Wildman–Crippen MR) is 92.8 cm³/mol. The second-order valence-electron chi connectivity index (χ2n) is 5.11. The van der Waals surface area contributed by atoms with E-state index in [1.54, 1.807) is 42.5 Å². The van der Waals surface area contributed by atoms with Crippen LogP contribution in [-0.2, 0) is 4.74 Å². The van der Waals surface area contributed by atoms with Gasteiger partial charge in [0.05, 0.1) is 25.2 Å². The summed E-state index contributed by atoms with van der Waals surface area (Å²) in [4.78, 5) is 23.6. The first-order valence-corrected chi connectivity index (χ1v) is 7.44. The molecule has 0 bridgehead atoms. The van der Waals surface area contributed by atoms with Crippen molar-refractivity contribution in [3.8, 4) is 17.6 Å². The number of methoxy groups -OCH3 is 2. The van der Waals surface area contributed by atoms with E-state index in [9.17, 15) is 9.59 Å². The number of carbonyl (C=O) groups is 1. The lowest BCUT2D eigenvalue weighted by molar-refractivity contribution is 0.0600. The molecule has 0 amide bonds. The fourth-order valence-corrected chi connectivity index (χ4v) is 2.38. The van der Waals surface area contributed by atoms with E-state index in [1.165, 1.54) is 14.2 Å². The summed E-state index contributed by atoms with van der Waals surface area (Å²) >= 11 is 0. The number of carbonyl (C=O) groups excluding carboxylic acids is 1. The Labute approximate surface area is 143 Å². The fraction of sp³-hybridized carbons (Fsp3) is 0.100. The number of fused-ring (bicyclic) bond motifs is 1. The highest BCUT2D eigenvalue weighted by Crippen LogP contribution is 2.26. The Bertz CT molecular complexity index is 1050. The summed E-state index contributed by atoms with van der Waals surface area (Å²) in [6.45, 7) is 0. The maximum Gasteiger partial charge on any atom is 0.356 e. The lowest BCUT2D eigenvalue weighted by Crippen LogP contribution is -2.07. The SMILES string of the molecule is COC(=O)c1ccc(C#Cc2c(OC)c3ccccc3oc2=O)cc1. The maximum atomic E-state index is 12.2. The molecule has 0 radical (unpaired) electrons. The second kappa shape index (κ2) is 6.93. The Kier molecular flexibility index (Phi) is 4.53. The van der Waals surface area contributed by atoms with E-state index in [4.69, 9.17) is 9.15 Å². The van der Waals surface area contributed by atoms with Crippen LogP contribution in [0.25, 0.3) is 11.0 Å². The molecule has 2 aromatic carbocycles. The third-order valence-corrected chi connectivity index (χ3v) is 3.61. The van der Waals surface area contributed by atoms with Crippen molar-refractivity contribution in [1.29, 1.82) is 0 Å². The first kappa shape index (κ1) is 16.3. The molecule has 0 unspecified atom stereocenters. The number of hydrogen-bond donors (Lipinski definition) is 0. The van der Waals surface area contributed by atoms with Gasteiger partial charge in [0.1, 0.15) is 5.58 Å². The third kappa shape index (κ3) is 3.24. The molecular weight excluding hydrogens is 320 g/mol. The molecular formula is C20H14O5. The molecule has 0 aliphatic heterocycles. The Balaban J connectivity index is 2.04. The molecule has 0 spiro atoms. The quantitative estimate of drug-likeness (QED) is 0.409. The van der Waals surface area contributed by atoms with Gasteiger partial charge < -0.3 is 13.9 Å². The molecule has 25 heavy (non-hydrogen) atoms. The van der Waals surface area contributed by atoms with E-state index in [1.807, 2.05) is 6.07 Å². The van der Waals surface area contributed by atoms with Gasteiger partial charge in [0.15, 0.2) is 11.3 Å². The average Bonchev–Trinajstić information content (AvgIpc) is 2.65. The largest absolute Gasteiger partial charge is 0.494 e. The fourth-order valence-electron chi connectivity index (χ4n) is 2.38. The van der Waals surface area contributed by atoms with Gasteiger partial charge in [0.2, 0.25) is 0 Å². The molecule has 0 aliphatic carbocycles. The lowest BCUT2D eigenvalue weighted by atomic mass is 10.1. The average molecular weight is 334 g/mol. The van der Waals surface area contributed by atoms with Crippen LogP contribution in [0.2, 0.25) is 0 Å². The molecule has 0 atom stereocenters. The van der Waals surface area contributed by atoms with Crippen molar-refractivity contribution in [3.63, 3.8) is 0 Å². The molecule has 0 fully saturated rings. The Hall–Kier alpha value is -3.52. The van der Waals surface area contributed by atoms with Crippen molar-refractivity contribution in [2.75, 3.05) is 14.2 Å². The van der Waals surface area contributed by atoms with E-state index in [2.05, 4.69) is 16.6 Å². The van der Waals surface area contributed by atoms with Crippen LogP contribution < -0.4 is 10.4 Å². The van der Waals surface area contributed by atoms with Crippen LogP contribution in [0.5, 0.6) is 5.75 Å². The van der Waals surface area contributed by atoms with Crippen LogP contribution in [-0.4, -0.2) is 20.2 Å². The summed E-state index contributed by atoms with van der Waals surface area (Å²) in [6, 6.07) is 13.7. The van der Waals surface area contributed by atoms with Crippen molar-refractivity contribution >= 4 is 16.9 Å². The molecule has 0 N–H and O–H groups in total. The van der Waals surface area contributed by atoms with Crippen molar-refractivity contribution in [2.24, 2.45) is 0 Å². The third-order valence-electron chi connectivity index (χ3n) is 3.61. The summed E-state index contributed by atoms with van der Waals surface area (Å²) in [5.41, 5.74) is 1.10. The van der Waals surface area contributed by atoms with Crippen molar-refractivity contribution in [3.05, 3.63) is 75.6 Å². The van der Waals surface area contributed by atoms with E-state index >= 15 is 0 Å². The molecule has 3 aromatic rings. The topological polar surface area (TPSA) is 65.7 Å². The first-order chi connectivity index (χ1) is 12.1. The minimum absolute atomic E-state index is 0.151. The number of esters is 1. The van der Waals surface area contributed by atoms with Gasteiger partial charge in [-0.1, -0.05) is 24.0 Å². The van der Waals surface area contributed by atoms with Crippen molar-refractivity contribution < 1.29 is 18.7 Å². The van der Waals surface area contributed by atoms with Gasteiger partial charge in [-0.05, 0) is 36.4 Å². The van der Waals surface area contributed by atoms with Gasteiger partial charge in [-0.3, -0.25) is 0 Å². The molecule has 5 nitrogen and oxygen atoms in total. The van der Waals surface area contributed by atoms with E-state index in [0.717, 1.165) is 0 Å². The van der Waals surface area contributed by atoms with Crippen LogP contribution in [0.4, 0.5) is 0 Å². The zero-order valence-electron chi connectivity index (χ0n) is 13.7. The second-order valence-corrected chi connectivity index (χ2v) is 5.11. The number of benzene rings is 2. The van der Waals surface area contributed by atoms with Crippen LogP contribution in [0.15, 0.2) is 57.7 Å². The molecule has 3 rings (SSSR count). The molecule has 0 saturated heterocycles. The van der Waals surface area contributed by atoms with E-state index < -0.39 is 11.6 Å². The minimum Gasteiger partial charge on any atom is -0.494 e. The zero-order valence-corrected chi connectivity index (χ0v) is 13.7. The summed E-state index contributed by atoms with van der Waals surface area (Å²) in [5, 5.41) is 0.676. The van der Waals surface area contributed by atoms with Gasteiger partial charge in [0.25, 0.3) is 0 Å². The number of rotatable bonds is 2. The van der Waals surface area contributed by atoms with Crippen molar-refractivity contribution in [1.82, 2.24) is 0 Å². The highest BCUT2D eigenvalue weighted by molar-refractivity contribution is 5.89. The Morgan fingerprint density at radius 1 is 1.00 bits per heavy atom. The van der Waals surface area contributed by atoms with E-state index in [0.29, 0.717) is 27.8 Å².